The van der Waals surface area contributed by atoms with E-state index in [0.717, 1.165) is 12.7 Å². The van der Waals surface area contributed by atoms with E-state index >= 15 is 0 Å². The Balaban J connectivity index is 2.18. The Morgan fingerprint density at radius 2 is 1.71 bits per heavy atom. The van der Waals surface area contributed by atoms with Crippen LogP contribution in [0.5, 0.6) is 0 Å². The molecule has 0 aliphatic carbocycles. The summed E-state index contributed by atoms with van der Waals surface area (Å²) in [5, 5.41) is 3.34. The lowest BCUT2D eigenvalue weighted by molar-refractivity contribution is -0.141. The van der Waals surface area contributed by atoms with E-state index in [1.54, 1.807) is 49.4 Å². The van der Waals surface area contributed by atoms with Crippen LogP contribution in [0.25, 0.3) is 0 Å². The van der Waals surface area contributed by atoms with Gasteiger partial charge in [-0.3, -0.25) is 13.9 Å². The van der Waals surface area contributed by atoms with Gasteiger partial charge in [0.05, 0.1) is 11.9 Å². The summed E-state index contributed by atoms with van der Waals surface area (Å²) < 4.78 is 40.2. The molecule has 2 aromatic rings. The van der Waals surface area contributed by atoms with Crippen LogP contribution in [-0.2, 0) is 26.2 Å². The van der Waals surface area contributed by atoms with E-state index in [2.05, 4.69) is 5.32 Å². The molecule has 0 saturated heterocycles. The zero-order valence-corrected chi connectivity index (χ0v) is 22.1. The van der Waals surface area contributed by atoms with Crippen molar-refractivity contribution in [3.05, 3.63) is 64.9 Å². The van der Waals surface area contributed by atoms with Crippen molar-refractivity contribution in [2.24, 2.45) is 0 Å². The highest BCUT2D eigenvalue weighted by Crippen LogP contribution is 2.21. The van der Waals surface area contributed by atoms with Gasteiger partial charge in [-0.05, 0) is 57.0 Å². The molecule has 0 unspecified atom stereocenters. The molecule has 1 N–H and O–H groups in total. The lowest BCUT2D eigenvalue weighted by atomic mass is 10.1. The maximum atomic E-state index is 14.3. The standard InChI is InChI=1S/C25H33ClFN3O4S/c1-5-18(2)28-25(32)19(3)29(17-20-9-6-7-10-23(20)27)24(31)11-8-16-30(35(4,33)34)22-14-12-21(26)13-15-22/h6-7,9-10,12-15,18-19H,5,8,11,16-17H2,1-4H3,(H,28,32)/t18-,19+/m1/s1. The summed E-state index contributed by atoms with van der Waals surface area (Å²) in [5.41, 5.74) is 0.733. The molecule has 0 radical (unpaired) electrons. The normalized spacial score (nSPS) is 13.1. The van der Waals surface area contributed by atoms with Gasteiger partial charge in [-0.2, -0.15) is 0 Å². The van der Waals surface area contributed by atoms with E-state index in [1.165, 1.54) is 15.3 Å². The van der Waals surface area contributed by atoms with Gasteiger partial charge in [-0.25, -0.2) is 12.8 Å². The van der Waals surface area contributed by atoms with Crippen LogP contribution in [0.3, 0.4) is 0 Å². The van der Waals surface area contributed by atoms with E-state index in [1.807, 2.05) is 13.8 Å². The van der Waals surface area contributed by atoms with Crippen LogP contribution in [0, 0.1) is 5.82 Å². The van der Waals surface area contributed by atoms with Crippen LogP contribution in [0.2, 0.25) is 5.02 Å². The summed E-state index contributed by atoms with van der Waals surface area (Å²) in [5.74, 6) is -1.17. The first kappa shape index (κ1) is 28.6. The zero-order valence-electron chi connectivity index (χ0n) is 20.5. The molecule has 0 fully saturated rings. The maximum Gasteiger partial charge on any atom is 0.242 e. The van der Waals surface area contributed by atoms with Crippen molar-refractivity contribution < 1.29 is 22.4 Å². The van der Waals surface area contributed by atoms with Gasteiger partial charge >= 0.3 is 0 Å². The Morgan fingerprint density at radius 1 is 1.09 bits per heavy atom. The number of carbonyl (C=O) groups is 2. The van der Waals surface area contributed by atoms with Crippen LogP contribution < -0.4 is 9.62 Å². The molecule has 2 rings (SSSR count). The molecule has 0 bridgehead atoms. The third kappa shape index (κ3) is 8.50. The van der Waals surface area contributed by atoms with E-state index in [9.17, 15) is 22.4 Å². The molecule has 0 saturated carbocycles. The van der Waals surface area contributed by atoms with Gasteiger partial charge in [0.15, 0.2) is 0 Å². The van der Waals surface area contributed by atoms with Crippen molar-refractivity contribution in [2.45, 2.75) is 58.7 Å². The molecule has 2 aromatic carbocycles. The molecule has 2 atom stereocenters. The summed E-state index contributed by atoms with van der Waals surface area (Å²) >= 11 is 5.91. The second-order valence-electron chi connectivity index (χ2n) is 8.52. The number of nitrogens with zero attached hydrogens (tertiary/aromatic N) is 2. The largest absolute Gasteiger partial charge is 0.352 e. The Hall–Kier alpha value is -2.65. The number of carbonyl (C=O) groups excluding carboxylic acids is 2. The van der Waals surface area contributed by atoms with E-state index in [-0.39, 0.29) is 43.8 Å². The summed E-state index contributed by atoms with van der Waals surface area (Å²) in [6.45, 7) is 5.39. The highest BCUT2D eigenvalue weighted by Gasteiger charge is 2.28. The Morgan fingerprint density at radius 3 is 2.29 bits per heavy atom. The van der Waals surface area contributed by atoms with Crippen molar-refractivity contribution in [3.63, 3.8) is 0 Å². The SMILES string of the molecule is CC[C@@H](C)NC(=O)[C@H](C)N(Cc1ccccc1F)C(=O)CCCN(c1ccc(Cl)cc1)S(C)(=O)=O. The number of hydrogen-bond donors (Lipinski definition) is 1. The number of benzene rings is 2. The number of rotatable bonds is 12. The number of sulfonamides is 1. The Labute approximate surface area is 212 Å². The molecule has 2 amide bonds. The monoisotopic (exact) mass is 525 g/mol. The molecule has 0 aliphatic rings. The van der Waals surface area contributed by atoms with E-state index in [4.69, 9.17) is 11.6 Å². The predicted octanol–water partition coefficient (Wildman–Crippen LogP) is 4.36. The van der Waals surface area contributed by atoms with Gasteiger partial charge in [0.2, 0.25) is 21.8 Å². The van der Waals surface area contributed by atoms with Gasteiger partial charge in [0, 0.05) is 36.1 Å². The summed E-state index contributed by atoms with van der Waals surface area (Å²) in [6.07, 6.45) is 2.01. The maximum absolute atomic E-state index is 14.3. The van der Waals surface area contributed by atoms with Gasteiger partial charge in [-0.1, -0.05) is 36.7 Å². The van der Waals surface area contributed by atoms with Gasteiger partial charge in [-0.15, -0.1) is 0 Å². The number of nitrogens with one attached hydrogen (secondary N) is 1. The number of anilines is 1. The molecule has 192 valence electrons. The minimum absolute atomic E-state index is 0.0188. The highest BCUT2D eigenvalue weighted by molar-refractivity contribution is 7.92. The molecule has 10 heteroatoms. The molecule has 7 nitrogen and oxygen atoms in total. The molecule has 0 aliphatic heterocycles. The van der Waals surface area contributed by atoms with Crippen molar-refractivity contribution in [1.82, 2.24) is 10.2 Å². The summed E-state index contributed by atoms with van der Waals surface area (Å²) in [6, 6.07) is 11.6. The zero-order chi connectivity index (χ0) is 26.2. The first-order chi connectivity index (χ1) is 16.4. The van der Waals surface area contributed by atoms with Crippen molar-refractivity contribution in [3.8, 4) is 0 Å². The van der Waals surface area contributed by atoms with Crippen molar-refractivity contribution in [1.29, 1.82) is 0 Å². The van der Waals surface area contributed by atoms with E-state index < -0.39 is 21.9 Å². The van der Waals surface area contributed by atoms with Crippen LogP contribution in [-0.4, -0.2) is 50.0 Å². The van der Waals surface area contributed by atoms with Crippen molar-refractivity contribution >= 4 is 39.1 Å². The fourth-order valence-corrected chi connectivity index (χ4v) is 4.56. The molecule has 0 spiro atoms. The Kier molecular flexibility index (Phi) is 10.5. The van der Waals surface area contributed by atoms with Crippen molar-refractivity contribution in [2.75, 3.05) is 17.1 Å². The molecule has 35 heavy (non-hydrogen) atoms. The third-order valence-corrected chi connectivity index (χ3v) is 7.18. The molecule has 0 heterocycles. The summed E-state index contributed by atoms with van der Waals surface area (Å²) in [4.78, 5) is 27.3. The predicted molar refractivity (Wildman–Crippen MR) is 137 cm³/mol. The number of amides is 2. The lowest BCUT2D eigenvalue weighted by Gasteiger charge is -2.30. The quantitative estimate of drug-likeness (QED) is 0.446. The van der Waals surface area contributed by atoms with Crippen LogP contribution >= 0.6 is 11.6 Å². The minimum Gasteiger partial charge on any atom is -0.352 e. The first-order valence-electron chi connectivity index (χ1n) is 11.5. The second kappa shape index (κ2) is 12.9. The second-order valence-corrected chi connectivity index (χ2v) is 10.9. The van der Waals surface area contributed by atoms with Crippen LogP contribution in [0.1, 0.15) is 45.6 Å². The minimum atomic E-state index is -3.60. The molecule has 0 aromatic heterocycles. The third-order valence-electron chi connectivity index (χ3n) is 5.73. The fraction of sp³-hybridized carbons (Fsp3) is 0.440. The van der Waals surface area contributed by atoms with Crippen LogP contribution in [0.15, 0.2) is 48.5 Å². The van der Waals surface area contributed by atoms with Gasteiger partial charge in [0.1, 0.15) is 11.9 Å². The molecular weight excluding hydrogens is 493 g/mol. The average Bonchev–Trinajstić information content (AvgIpc) is 2.80. The first-order valence-corrected chi connectivity index (χ1v) is 13.7. The number of halogens is 2. The van der Waals surface area contributed by atoms with Gasteiger partial charge < -0.3 is 10.2 Å². The lowest BCUT2D eigenvalue weighted by Crippen LogP contribution is -2.49. The highest BCUT2D eigenvalue weighted by atomic mass is 35.5. The fourth-order valence-electron chi connectivity index (χ4n) is 3.47. The smallest absolute Gasteiger partial charge is 0.242 e. The van der Waals surface area contributed by atoms with Gasteiger partial charge in [0.25, 0.3) is 0 Å². The van der Waals surface area contributed by atoms with Crippen LogP contribution in [0.4, 0.5) is 10.1 Å². The van der Waals surface area contributed by atoms with E-state index in [0.29, 0.717) is 16.3 Å². The molecular formula is C25H33ClFN3O4S. The topological polar surface area (TPSA) is 86.8 Å². The average molecular weight is 526 g/mol. The summed E-state index contributed by atoms with van der Waals surface area (Å²) in [7, 11) is -3.60. The Bertz CT molecular complexity index is 1110. The number of hydrogen-bond acceptors (Lipinski definition) is 4.